The molecule has 0 aliphatic heterocycles. The Kier molecular flexibility index (Phi) is 8.43. The summed E-state index contributed by atoms with van der Waals surface area (Å²) in [4.78, 5) is 10.6. The molecule has 1 aromatic heterocycles. The van der Waals surface area contributed by atoms with Crippen molar-refractivity contribution in [3.8, 4) is 5.75 Å². The van der Waals surface area contributed by atoms with Crippen LogP contribution in [0.1, 0.15) is 34.8 Å². The molecule has 3 N–H and O–H groups in total. The first-order valence-corrected chi connectivity index (χ1v) is 9.73. The van der Waals surface area contributed by atoms with Gasteiger partial charge in [0.25, 0.3) is 0 Å². The first-order chi connectivity index (χ1) is 12.2. The zero-order chi connectivity index (χ0) is 17.6. The summed E-state index contributed by atoms with van der Waals surface area (Å²) in [6, 6.07) is 5.41. The van der Waals surface area contributed by atoms with Crippen LogP contribution in [0.25, 0.3) is 0 Å². The van der Waals surface area contributed by atoms with Crippen LogP contribution >= 0.6 is 46.9 Å². The van der Waals surface area contributed by atoms with E-state index in [2.05, 4.69) is 10.3 Å². The minimum absolute atomic E-state index is 0. The smallest absolute Gasteiger partial charge is 0.193 e. The van der Waals surface area contributed by atoms with Gasteiger partial charge in [-0.25, -0.2) is 4.98 Å². The van der Waals surface area contributed by atoms with Crippen LogP contribution < -0.4 is 15.8 Å². The summed E-state index contributed by atoms with van der Waals surface area (Å²) in [6.45, 7) is 0.674. The van der Waals surface area contributed by atoms with Crippen molar-refractivity contribution in [3.63, 3.8) is 0 Å². The Labute approximate surface area is 180 Å². The van der Waals surface area contributed by atoms with Gasteiger partial charge in [-0.15, -0.1) is 35.3 Å². The zero-order valence-electron chi connectivity index (χ0n) is 14.8. The molecule has 142 valence electrons. The summed E-state index contributed by atoms with van der Waals surface area (Å²) in [5, 5.41) is 4.81. The van der Waals surface area contributed by atoms with E-state index in [9.17, 15) is 0 Å². The van der Waals surface area contributed by atoms with E-state index in [1.165, 1.54) is 34.8 Å². The van der Waals surface area contributed by atoms with E-state index in [1.807, 2.05) is 17.4 Å². The number of guanidine groups is 1. The predicted octanol–water partition coefficient (Wildman–Crippen LogP) is 4.66. The van der Waals surface area contributed by atoms with Gasteiger partial charge in [-0.3, -0.25) is 4.99 Å². The molecule has 3 rings (SSSR count). The average Bonchev–Trinajstić information content (AvgIpc) is 3.02. The number of fused-ring (bicyclic) bond motifs is 1. The third-order valence-corrected chi connectivity index (χ3v) is 5.66. The first kappa shape index (κ1) is 21.2. The SMILES string of the molecule is COc1ccc(NC(N)=NCCCc2nc3c(s2)CCCC3)cc1Cl.I. The van der Waals surface area contributed by atoms with E-state index < -0.39 is 0 Å². The second-order valence-electron chi connectivity index (χ2n) is 6.03. The Morgan fingerprint density at radius 1 is 1.38 bits per heavy atom. The number of nitrogens with zero attached hydrogens (tertiary/aromatic N) is 2. The average molecular weight is 507 g/mol. The molecule has 0 atom stereocenters. The minimum Gasteiger partial charge on any atom is -0.495 e. The summed E-state index contributed by atoms with van der Waals surface area (Å²) >= 11 is 7.97. The molecule has 0 bridgehead atoms. The number of methoxy groups -OCH3 is 1. The molecule has 0 spiro atoms. The first-order valence-electron chi connectivity index (χ1n) is 8.53. The molecule has 1 heterocycles. The molecule has 1 aliphatic carbocycles. The largest absolute Gasteiger partial charge is 0.495 e. The third-order valence-electron chi connectivity index (χ3n) is 4.15. The van der Waals surface area contributed by atoms with Crippen molar-refractivity contribution in [2.24, 2.45) is 10.7 Å². The second kappa shape index (κ2) is 10.3. The number of hydrogen-bond donors (Lipinski definition) is 2. The molecule has 0 radical (unpaired) electrons. The van der Waals surface area contributed by atoms with Crippen LogP contribution in [0.15, 0.2) is 23.2 Å². The van der Waals surface area contributed by atoms with E-state index in [4.69, 9.17) is 27.1 Å². The highest BCUT2D eigenvalue weighted by Gasteiger charge is 2.14. The number of rotatable bonds is 6. The molecular weight excluding hydrogens is 483 g/mol. The number of anilines is 1. The van der Waals surface area contributed by atoms with Gasteiger partial charge in [0, 0.05) is 23.5 Å². The van der Waals surface area contributed by atoms with Crippen LogP contribution in [0.2, 0.25) is 5.02 Å². The minimum atomic E-state index is 0. The molecule has 5 nitrogen and oxygen atoms in total. The lowest BCUT2D eigenvalue weighted by atomic mass is 10.0. The maximum absolute atomic E-state index is 6.10. The van der Waals surface area contributed by atoms with Crippen LogP contribution in [0.4, 0.5) is 5.69 Å². The monoisotopic (exact) mass is 506 g/mol. The number of ether oxygens (including phenoxy) is 1. The molecule has 0 amide bonds. The van der Waals surface area contributed by atoms with Gasteiger partial charge >= 0.3 is 0 Å². The van der Waals surface area contributed by atoms with Gasteiger partial charge in [0.15, 0.2) is 5.96 Å². The lowest BCUT2D eigenvalue weighted by molar-refractivity contribution is 0.415. The summed E-state index contributed by atoms with van der Waals surface area (Å²) in [5.74, 6) is 1.02. The Hall–Kier alpha value is -1.06. The summed E-state index contributed by atoms with van der Waals surface area (Å²) in [7, 11) is 1.59. The second-order valence-corrected chi connectivity index (χ2v) is 7.60. The Morgan fingerprint density at radius 2 is 2.19 bits per heavy atom. The highest BCUT2D eigenvalue weighted by molar-refractivity contribution is 14.0. The fraction of sp³-hybridized carbons (Fsp3) is 0.444. The number of nitrogens with one attached hydrogen (secondary N) is 1. The van der Waals surface area contributed by atoms with Gasteiger partial charge in [0.05, 0.1) is 22.8 Å². The highest BCUT2D eigenvalue weighted by Crippen LogP contribution is 2.28. The van der Waals surface area contributed by atoms with Crippen molar-refractivity contribution < 1.29 is 4.74 Å². The van der Waals surface area contributed by atoms with Gasteiger partial charge in [-0.2, -0.15) is 0 Å². The molecule has 8 heteroatoms. The molecule has 26 heavy (non-hydrogen) atoms. The van der Waals surface area contributed by atoms with Crippen LogP contribution in [0.3, 0.4) is 0 Å². The molecule has 0 saturated carbocycles. The maximum Gasteiger partial charge on any atom is 0.193 e. The number of aryl methyl sites for hydroxylation is 3. The predicted molar refractivity (Wildman–Crippen MR) is 121 cm³/mol. The summed E-state index contributed by atoms with van der Waals surface area (Å²) < 4.78 is 5.13. The van der Waals surface area contributed by atoms with Gasteiger partial charge in [-0.05, 0) is 50.3 Å². The van der Waals surface area contributed by atoms with Crippen molar-refractivity contribution in [1.29, 1.82) is 0 Å². The molecular formula is C18H24ClIN4OS. The van der Waals surface area contributed by atoms with Crippen LogP contribution in [0, 0.1) is 0 Å². The molecule has 2 aromatic rings. The number of benzene rings is 1. The van der Waals surface area contributed by atoms with E-state index in [-0.39, 0.29) is 24.0 Å². The molecule has 1 aromatic carbocycles. The van der Waals surface area contributed by atoms with Gasteiger partial charge < -0.3 is 15.8 Å². The molecule has 0 saturated heterocycles. The number of nitrogens with two attached hydrogens (primary N) is 1. The highest BCUT2D eigenvalue weighted by atomic mass is 127. The molecule has 1 aliphatic rings. The van der Waals surface area contributed by atoms with Crippen LogP contribution in [-0.2, 0) is 19.3 Å². The van der Waals surface area contributed by atoms with Crippen molar-refractivity contribution in [3.05, 3.63) is 38.8 Å². The third kappa shape index (κ3) is 5.72. The Morgan fingerprint density at radius 3 is 2.92 bits per heavy atom. The van der Waals surface area contributed by atoms with Crippen LogP contribution in [0.5, 0.6) is 5.75 Å². The van der Waals surface area contributed by atoms with E-state index in [1.54, 1.807) is 19.2 Å². The quantitative estimate of drug-likeness (QED) is 0.259. The Bertz CT molecular complexity index is 742. The number of halogens is 2. The van der Waals surface area contributed by atoms with E-state index in [0.29, 0.717) is 23.3 Å². The van der Waals surface area contributed by atoms with Gasteiger partial charge in [0.2, 0.25) is 0 Å². The lowest BCUT2D eigenvalue weighted by Crippen LogP contribution is -2.22. The zero-order valence-corrected chi connectivity index (χ0v) is 18.7. The van der Waals surface area contributed by atoms with Gasteiger partial charge in [-0.1, -0.05) is 11.6 Å². The standard InChI is InChI=1S/C18H23ClN4OS.HI/c1-24-15-9-8-12(11-13(15)19)22-18(20)21-10-4-7-17-23-14-5-2-3-6-16(14)25-17;/h8-9,11H,2-7,10H2,1H3,(H3,20,21,22);1H. The summed E-state index contributed by atoms with van der Waals surface area (Å²) in [6.07, 6.45) is 6.83. The fourth-order valence-corrected chi connectivity index (χ4v) is 4.33. The van der Waals surface area contributed by atoms with Crippen molar-refractivity contribution in [2.75, 3.05) is 19.0 Å². The molecule has 0 unspecified atom stereocenters. The maximum atomic E-state index is 6.10. The normalized spacial score (nSPS) is 13.7. The van der Waals surface area contributed by atoms with E-state index >= 15 is 0 Å². The molecule has 0 fully saturated rings. The number of aliphatic imine (C=N–C) groups is 1. The Balaban J connectivity index is 0.00000243. The summed E-state index contributed by atoms with van der Waals surface area (Å²) in [5.41, 5.74) is 8.05. The van der Waals surface area contributed by atoms with Crippen molar-refractivity contribution in [2.45, 2.75) is 38.5 Å². The lowest BCUT2D eigenvalue weighted by Gasteiger charge is -2.08. The number of aromatic nitrogens is 1. The van der Waals surface area contributed by atoms with Crippen molar-refractivity contribution >= 4 is 58.6 Å². The van der Waals surface area contributed by atoms with Crippen LogP contribution in [-0.4, -0.2) is 24.6 Å². The fourth-order valence-electron chi connectivity index (χ4n) is 2.87. The van der Waals surface area contributed by atoms with Crippen molar-refractivity contribution in [1.82, 2.24) is 4.98 Å². The van der Waals surface area contributed by atoms with Gasteiger partial charge in [0.1, 0.15) is 5.75 Å². The topological polar surface area (TPSA) is 72.5 Å². The number of hydrogen-bond acceptors (Lipinski definition) is 4. The number of thiazole rings is 1. The van der Waals surface area contributed by atoms with E-state index in [0.717, 1.165) is 24.9 Å².